The van der Waals surface area contributed by atoms with Crippen LogP contribution in [-0.2, 0) is 4.74 Å². The minimum Gasteiger partial charge on any atom is -0.474 e. The Kier molecular flexibility index (Phi) is 4.32. The fourth-order valence-corrected chi connectivity index (χ4v) is 0.928. The predicted molar refractivity (Wildman–Crippen MR) is 53.5 cm³/mol. The summed E-state index contributed by atoms with van der Waals surface area (Å²) in [5.41, 5.74) is 0.976. The summed E-state index contributed by atoms with van der Waals surface area (Å²) in [7, 11) is 1.64. The lowest BCUT2D eigenvalue weighted by Crippen LogP contribution is -2.06. The van der Waals surface area contributed by atoms with Crippen LogP contribution in [0.1, 0.15) is 25.5 Å². The van der Waals surface area contributed by atoms with Crippen molar-refractivity contribution in [2.75, 3.05) is 20.3 Å². The van der Waals surface area contributed by atoms with Crippen molar-refractivity contribution in [2.45, 2.75) is 19.8 Å². The molecule has 0 spiro atoms. The fourth-order valence-electron chi connectivity index (χ4n) is 0.928. The van der Waals surface area contributed by atoms with Gasteiger partial charge in [-0.3, -0.25) is 4.98 Å². The zero-order valence-corrected chi connectivity index (χ0v) is 8.86. The standard InChI is InChI=1S/C10H16N2O2/c1-8(2)9-6-12-10(7-11-9)14-5-4-13-3/h6-8H,4-5H2,1-3H3. The molecule has 4 nitrogen and oxygen atoms in total. The Morgan fingerprint density at radius 2 is 2.00 bits per heavy atom. The highest BCUT2D eigenvalue weighted by atomic mass is 16.5. The van der Waals surface area contributed by atoms with Gasteiger partial charge in [-0.2, -0.15) is 0 Å². The number of rotatable bonds is 5. The number of hydrogen-bond donors (Lipinski definition) is 0. The highest BCUT2D eigenvalue weighted by Crippen LogP contribution is 2.11. The van der Waals surface area contributed by atoms with Crippen LogP contribution in [-0.4, -0.2) is 30.3 Å². The molecule has 0 aliphatic carbocycles. The Morgan fingerprint density at radius 3 is 2.50 bits per heavy atom. The largest absolute Gasteiger partial charge is 0.474 e. The number of hydrogen-bond acceptors (Lipinski definition) is 4. The Labute approximate surface area is 84.3 Å². The molecule has 0 aromatic carbocycles. The SMILES string of the molecule is COCCOc1cnc(C(C)C)cn1. The second-order valence-corrected chi connectivity index (χ2v) is 3.28. The molecule has 1 aromatic rings. The maximum Gasteiger partial charge on any atom is 0.232 e. The average Bonchev–Trinajstić information content (AvgIpc) is 2.19. The lowest BCUT2D eigenvalue weighted by Gasteiger charge is -2.06. The van der Waals surface area contributed by atoms with Crippen LogP contribution >= 0.6 is 0 Å². The first-order valence-corrected chi connectivity index (χ1v) is 4.67. The number of aromatic nitrogens is 2. The molecule has 14 heavy (non-hydrogen) atoms. The predicted octanol–water partition coefficient (Wildman–Crippen LogP) is 1.63. The maximum absolute atomic E-state index is 5.28. The van der Waals surface area contributed by atoms with Gasteiger partial charge in [0.15, 0.2) is 0 Å². The molecule has 0 N–H and O–H groups in total. The molecule has 0 bridgehead atoms. The smallest absolute Gasteiger partial charge is 0.232 e. The van der Waals surface area contributed by atoms with Crippen molar-refractivity contribution >= 4 is 0 Å². The van der Waals surface area contributed by atoms with E-state index in [0.717, 1.165) is 5.69 Å². The van der Waals surface area contributed by atoms with E-state index in [2.05, 4.69) is 23.8 Å². The van der Waals surface area contributed by atoms with Gasteiger partial charge in [0.25, 0.3) is 0 Å². The molecule has 0 aliphatic rings. The normalized spacial score (nSPS) is 10.6. The molecule has 0 amide bonds. The minimum atomic E-state index is 0.399. The third kappa shape index (κ3) is 3.30. The van der Waals surface area contributed by atoms with Gasteiger partial charge in [-0.25, -0.2) is 4.98 Å². The van der Waals surface area contributed by atoms with Gasteiger partial charge in [0, 0.05) is 7.11 Å². The van der Waals surface area contributed by atoms with E-state index in [0.29, 0.717) is 25.0 Å². The molecule has 0 fully saturated rings. The van der Waals surface area contributed by atoms with Gasteiger partial charge in [-0.05, 0) is 5.92 Å². The van der Waals surface area contributed by atoms with E-state index in [1.54, 1.807) is 19.5 Å². The van der Waals surface area contributed by atoms with Crippen molar-refractivity contribution in [3.05, 3.63) is 18.1 Å². The third-order valence-electron chi connectivity index (χ3n) is 1.78. The first-order chi connectivity index (χ1) is 6.74. The third-order valence-corrected chi connectivity index (χ3v) is 1.78. The summed E-state index contributed by atoms with van der Waals surface area (Å²) in [5.74, 6) is 0.946. The van der Waals surface area contributed by atoms with Crippen molar-refractivity contribution < 1.29 is 9.47 Å². The van der Waals surface area contributed by atoms with E-state index in [4.69, 9.17) is 9.47 Å². The van der Waals surface area contributed by atoms with Crippen molar-refractivity contribution in [1.82, 2.24) is 9.97 Å². The molecule has 78 valence electrons. The number of nitrogens with zero attached hydrogens (tertiary/aromatic N) is 2. The summed E-state index contributed by atoms with van der Waals surface area (Å²) >= 11 is 0. The lowest BCUT2D eigenvalue weighted by molar-refractivity contribution is 0.143. The van der Waals surface area contributed by atoms with Gasteiger partial charge in [-0.15, -0.1) is 0 Å². The van der Waals surface area contributed by atoms with Crippen molar-refractivity contribution in [2.24, 2.45) is 0 Å². The van der Waals surface area contributed by atoms with Gasteiger partial charge in [0.05, 0.1) is 24.7 Å². The molecule has 0 unspecified atom stereocenters. The van der Waals surface area contributed by atoms with Crippen LogP contribution in [0, 0.1) is 0 Å². The molecule has 1 rings (SSSR count). The zero-order chi connectivity index (χ0) is 10.4. The second-order valence-electron chi connectivity index (χ2n) is 3.28. The lowest BCUT2D eigenvalue weighted by atomic mass is 10.1. The summed E-state index contributed by atoms with van der Waals surface area (Å²) in [5, 5.41) is 0. The second kappa shape index (κ2) is 5.54. The minimum absolute atomic E-state index is 0.399. The van der Waals surface area contributed by atoms with Crippen LogP contribution in [0.4, 0.5) is 0 Å². The van der Waals surface area contributed by atoms with Gasteiger partial charge in [0.1, 0.15) is 6.61 Å². The molecule has 1 aromatic heterocycles. The van der Waals surface area contributed by atoms with Crippen molar-refractivity contribution in [3.8, 4) is 5.88 Å². The van der Waals surface area contributed by atoms with Crippen LogP contribution in [0.5, 0.6) is 5.88 Å². The fraction of sp³-hybridized carbons (Fsp3) is 0.600. The van der Waals surface area contributed by atoms with Crippen LogP contribution in [0.3, 0.4) is 0 Å². The van der Waals surface area contributed by atoms with Crippen molar-refractivity contribution in [3.63, 3.8) is 0 Å². The summed E-state index contributed by atoms with van der Waals surface area (Å²) in [6.07, 6.45) is 3.39. The van der Waals surface area contributed by atoms with E-state index in [1.165, 1.54) is 0 Å². The maximum atomic E-state index is 5.28. The summed E-state index contributed by atoms with van der Waals surface area (Å²) < 4.78 is 10.1. The average molecular weight is 196 g/mol. The molecule has 0 saturated heterocycles. The molecular formula is C10H16N2O2. The van der Waals surface area contributed by atoms with Gasteiger partial charge < -0.3 is 9.47 Å². The van der Waals surface area contributed by atoms with E-state index >= 15 is 0 Å². The highest BCUT2D eigenvalue weighted by Gasteiger charge is 2.01. The van der Waals surface area contributed by atoms with Gasteiger partial charge in [-0.1, -0.05) is 13.8 Å². The van der Waals surface area contributed by atoms with E-state index < -0.39 is 0 Å². The summed E-state index contributed by atoms with van der Waals surface area (Å²) in [4.78, 5) is 8.36. The van der Waals surface area contributed by atoms with Gasteiger partial charge >= 0.3 is 0 Å². The quantitative estimate of drug-likeness (QED) is 0.671. The Balaban J connectivity index is 2.47. The molecule has 1 heterocycles. The topological polar surface area (TPSA) is 44.2 Å². The first kappa shape index (κ1) is 10.9. The van der Waals surface area contributed by atoms with Crippen molar-refractivity contribution in [1.29, 1.82) is 0 Å². The first-order valence-electron chi connectivity index (χ1n) is 4.67. The zero-order valence-electron chi connectivity index (χ0n) is 8.86. The monoisotopic (exact) mass is 196 g/mol. The number of ether oxygens (including phenoxy) is 2. The van der Waals surface area contributed by atoms with Crippen LogP contribution in [0.25, 0.3) is 0 Å². The van der Waals surface area contributed by atoms with Crippen LogP contribution < -0.4 is 4.74 Å². The van der Waals surface area contributed by atoms with Crippen LogP contribution in [0.2, 0.25) is 0 Å². The molecule has 0 saturated carbocycles. The Hall–Kier alpha value is -1.16. The van der Waals surface area contributed by atoms with Crippen LogP contribution in [0.15, 0.2) is 12.4 Å². The molecular weight excluding hydrogens is 180 g/mol. The number of methoxy groups -OCH3 is 1. The van der Waals surface area contributed by atoms with Gasteiger partial charge in [0.2, 0.25) is 5.88 Å². The Morgan fingerprint density at radius 1 is 1.21 bits per heavy atom. The molecule has 4 heteroatoms. The highest BCUT2D eigenvalue weighted by molar-refractivity contribution is 5.09. The van der Waals surface area contributed by atoms with E-state index in [-0.39, 0.29) is 0 Å². The summed E-state index contributed by atoms with van der Waals surface area (Å²) in [6, 6.07) is 0. The van der Waals surface area contributed by atoms with E-state index in [1.807, 2.05) is 0 Å². The molecule has 0 radical (unpaired) electrons. The molecule has 0 atom stereocenters. The summed E-state index contributed by atoms with van der Waals surface area (Å²) in [6.45, 7) is 5.23. The molecule has 0 aliphatic heterocycles. The Bertz CT molecular complexity index is 259. The van der Waals surface area contributed by atoms with E-state index in [9.17, 15) is 0 Å².